The highest BCUT2D eigenvalue weighted by molar-refractivity contribution is 5.99. The number of nitrogens with one attached hydrogen (secondary N) is 1. The van der Waals surface area contributed by atoms with Gasteiger partial charge in [0.05, 0.1) is 12.8 Å². The van der Waals surface area contributed by atoms with E-state index in [2.05, 4.69) is 15.0 Å². The first-order valence-corrected chi connectivity index (χ1v) is 8.47. The largest absolute Gasteiger partial charge is 0.496 e. The number of hydrogen-bond acceptors (Lipinski definition) is 4. The van der Waals surface area contributed by atoms with E-state index in [0.717, 1.165) is 41.7 Å². The second-order valence-corrected chi connectivity index (χ2v) is 6.33. The summed E-state index contributed by atoms with van der Waals surface area (Å²) >= 11 is 0. The molecule has 128 valence electrons. The fourth-order valence-electron chi connectivity index (χ4n) is 3.52. The van der Waals surface area contributed by atoms with Crippen LogP contribution in [0.4, 0.5) is 0 Å². The van der Waals surface area contributed by atoms with Crippen molar-refractivity contribution < 1.29 is 9.53 Å². The van der Waals surface area contributed by atoms with Crippen molar-refractivity contribution in [3.05, 3.63) is 54.2 Å². The minimum Gasteiger partial charge on any atom is -0.496 e. The van der Waals surface area contributed by atoms with E-state index in [0.29, 0.717) is 12.2 Å². The monoisotopic (exact) mass is 336 g/mol. The van der Waals surface area contributed by atoms with Gasteiger partial charge in [-0.25, -0.2) is 0 Å². The predicted molar refractivity (Wildman–Crippen MR) is 94.8 cm³/mol. The number of amides is 1. The van der Waals surface area contributed by atoms with Crippen LogP contribution in [0.5, 0.6) is 5.75 Å². The molecule has 2 aromatic heterocycles. The molecule has 1 aliphatic rings. The Kier molecular flexibility index (Phi) is 4.09. The summed E-state index contributed by atoms with van der Waals surface area (Å²) in [5.74, 6) is 1.03. The Bertz CT molecular complexity index is 891. The zero-order valence-corrected chi connectivity index (χ0v) is 14.1. The van der Waals surface area contributed by atoms with Gasteiger partial charge in [0.2, 0.25) is 0 Å². The van der Waals surface area contributed by atoms with E-state index in [1.165, 1.54) is 0 Å². The summed E-state index contributed by atoms with van der Waals surface area (Å²) in [4.78, 5) is 26.6. The normalized spacial score (nSPS) is 17.6. The zero-order chi connectivity index (χ0) is 17.2. The van der Waals surface area contributed by atoms with Crippen molar-refractivity contribution in [3.8, 4) is 5.75 Å². The molecule has 1 aliphatic heterocycles. The third kappa shape index (κ3) is 2.95. The molecule has 1 saturated heterocycles. The third-order valence-electron chi connectivity index (χ3n) is 4.78. The zero-order valence-electron chi connectivity index (χ0n) is 14.1. The quantitative estimate of drug-likeness (QED) is 0.798. The van der Waals surface area contributed by atoms with Gasteiger partial charge in [-0.3, -0.25) is 14.8 Å². The van der Waals surface area contributed by atoms with Gasteiger partial charge in [-0.05, 0) is 31.0 Å². The summed E-state index contributed by atoms with van der Waals surface area (Å²) in [6, 6.07) is 7.64. The van der Waals surface area contributed by atoms with Gasteiger partial charge in [0.25, 0.3) is 5.91 Å². The maximum atomic E-state index is 13.0. The molecule has 6 nitrogen and oxygen atoms in total. The first-order chi connectivity index (χ1) is 12.3. The molecule has 0 bridgehead atoms. The first-order valence-electron chi connectivity index (χ1n) is 8.47. The molecular formula is C19H20N4O2. The number of rotatable bonds is 3. The van der Waals surface area contributed by atoms with Gasteiger partial charge >= 0.3 is 0 Å². The Morgan fingerprint density at radius 1 is 1.36 bits per heavy atom. The van der Waals surface area contributed by atoms with Crippen LogP contribution in [-0.4, -0.2) is 46.0 Å². The van der Waals surface area contributed by atoms with Gasteiger partial charge in [0.15, 0.2) is 0 Å². The maximum absolute atomic E-state index is 13.0. The van der Waals surface area contributed by atoms with Crippen molar-refractivity contribution in [2.24, 2.45) is 0 Å². The number of hydrogen-bond donors (Lipinski definition) is 1. The van der Waals surface area contributed by atoms with Gasteiger partial charge in [0.1, 0.15) is 11.4 Å². The van der Waals surface area contributed by atoms with Crippen molar-refractivity contribution in [3.63, 3.8) is 0 Å². The Hall–Kier alpha value is -2.89. The minimum atomic E-state index is 0.0202. The standard InChI is InChI=1S/C19H20N4O2/c1-25-18-6-2-5-15-14(18)10-16(22-15)19(24)23-9-3-4-13(12-23)17-11-20-7-8-21-17/h2,5-8,10-11,13,22H,3-4,9,12H2,1H3. The van der Waals surface area contributed by atoms with E-state index in [1.807, 2.05) is 29.2 Å². The van der Waals surface area contributed by atoms with Crippen LogP contribution >= 0.6 is 0 Å². The first kappa shape index (κ1) is 15.6. The predicted octanol–water partition coefficient (Wildman–Crippen LogP) is 2.99. The number of piperidine rings is 1. The topological polar surface area (TPSA) is 71.1 Å². The molecule has 4 rings (SSSR count). The number of aromatic amines is 1. The van der Waals surface area contributed by atoms with Crippen molar-refractivity contribution in [2.45, 2.75) is 18.8 Å². The molecule has 1 unspecified atom stereocenters. The molecule has 1 amide bonds. The SMILES string of the molecule is COc1cccc2[nH]c(C(=O)N3CCCC(c4cnccn4)C3)cc12. The number of H-pyrrole nitrogens is 1. The minimum absolute atomic E-state index is 0.0202. The van der Waals surface area contributed by atoms with Crippen LogP contribution in [0.2, 0.25) is 0 Å². The summed E-state index contributed by atoms with van der Waals surface area (Å²) in [5, 5.41) is 0.927. The lowest BCUT2D eigenvalue weighted by Gasteiger charge is -2.32. The van der Waals surface area contributed by atoms with E-state index >= 15 is 0 Å². The lowest BCUT2D eigenvalue weighted by molar-refractivity contribution is 0.0701. The summed E-state index contributed by atoms with van der Waals surface area (Å²) < 4.78 is 5.38. The number of methoxy groups -OCH3 is 1. The molecule has 0 spiro atoms. The molecule has 1 N–H and O–H groups in total. The Balaban J connectivity index is 1.58. The van der Waals surface area contributed by atoms with Crippen LogP contribution in [0.1, 0.15) is 34.9 Å². The summed E-state index contributed by atoms with van der Waals surface area (Å²) in [6.45, 7) is 1.44. The molecule has 3 aromatic rings. The lowest BCUT2D eigenvalue weighted by atomic mass is 9.95. The molecule has 1 atom stereocenters. The summed E-state index contributed by atoms with van der Waals surface area (Å²) in [6.07, 6.45) is 7.18. The Morgan fingerprint density at radius 2 is 2.28 bits per heavy atom. The molecule has 0 aliphatic carbocycles. The molecule has 0 radical (unpaired) electrons. The lowest BCUT2D eigenvalue weighted by Crippen LogP contribution is -2.39. The van der Waals surface area contributed by atoms with E-state index in [9.17, 15) is 4.79 Å². The molecule has 1 aromatic carbocycles. The highest BCUT2D eigenvalue weighted by Gasteiger charge is 2.27. The van der Waals surface area contributed by atoms with Crippen molar-refractivity contribution in [1.29, 1.82) is 0 Å². The van der Waals surface area contributed by atoms with E-state index in [4.69, 9.17) is 4.74 Å². The van der Waals surface area contributed by atoms with Crippen molar-refractivity contribution in [1.82, 2.24) is 19.9 Å². The highest BCUT2D eigenvalue weighted by atomic mass is 16.5. The fraction of sp³-hybridized carbons (Fsp3) is 0.316. The molecule has 25 heavy (non-hydrogen) atoms. The van der Waals surface area contributed by atoms with Crippen molar-refractivity contribution >= 4 is 16.8 Å². The average molecular weight is 336 g/mol. The number of carbonyl (C=O) groups is 1. The van der Waals surface area contributed by atoms with Gasteiger partial charge in [-0.15, -0.1) is 0 Å². The van der Waals surface area contributed by atoms with Crippen LogP contribution in [0.3, 0.4) is 0 Å². The molecule has 1 fully saturated rings. The fourth-order valence-corrected chi connectivity index (χ4v) is 3.52. The van der Waals surface area contributed by atoms with Crippen molar-refractivity contribution in [2.75, 3.05) is 20.2 Å². The van der Waals surface area contributed by atoms with E-state index in [-0.39, 0.29) is 11.8 Å². The number of nitrogens with zero attached hydrogens (tertiary/aromatic N) is 3. The summed E-state index contributed by atoms with van der Waals surface area (Å²) in [7, 11) is 1.64. The average Bonchev–Trinajstić information content (AvgIpc) is 3.12. The number of ether oxygens (including phenoxy) is 1. The Morgan fingerprint density at radius 3 is 3.08 bits per heavy atom. The third-order valence-corrected chi connectivity index (χ3v) is 4.78. The number of likely N-dealkylation sites (tertiary alicyclic amines) is 1. The molecule has 3 heterocycles. The van der Waals surface area contributed by atoms with E-state index in [1.54, 1.807) is 25.7 Å². The second kappa shape index (κ2) is 6.55. The number of fused-ring (bicyclic) bond motifs is 1. The molecule has 0 saturated carbocycles. The molecule has 6 heteroatoms. The maximum Gasteiger partial charge on any atom is 0.270 e. The smallest absolute Gasteiger partial charge is 0.270 e. The summed E-state index contributed by atoms with van der Waals surface area (Å²) in [5.41, 5.74) is 2.46. The van der Waals surface area contributed by atoms with Crippen LogP contribution in [0.15, 0.2) is 42.9 Å². The molecular weight excluding hydrogens is 316 g/mol. The highest BCUT2D eigenvalue weighted by Crippen LogP contribution is 2.29. The van der Waals surface area contributed by atoms with Gasteiger partial charge in [0, 0.05) is 48.5 Å². The van der Waals surface area contributed by atoms with Gasteiger partial charge < -0.3 is 14.6 Å². The Labute approximate surface area is 145 Å². The number of carbonyl (C=O) groups excluding carboxylic acids is 1. The van der Waals surface area contributed by atoms with Crippen LogP contribution < -0.4 is 4.74 Å². The van der Waals surface area contributed by atoms with E-state index < -0.39 is 0 Å². The van der Waals surface area contributed by atoms with Gasteiger partial charge in [-0.2, -0.15) is 0 Å². The second-order valence-electron chi connectivity index (χ2n) is 6.33. The van der Waals surface area contributed by atoms with Crippen LogP contribution in [-0.2, 0) is 0 Å². The van der Waals surface area contributed by atoms with Crippen LogP contribution in [0, 0.1) is 0 Å². The number of aromatic nitrogens is 3. The van der Waals surface area contributed by atoms with Gasteiger partial charge in [-0.1, -0.05) is 6.07 Å². The number of benzene rings is 1. The van der Waals surface area contributed by atoms with Crippen LogP contribution in [0.25, 0.3) is 10.9 Å².